The second-order valence-electron chi connectivity index (χ2n) is 7.43. The molecule has 0 radical (unpaired) electrons. The van der Waals surface area contributed by atoms with Gasteiger partial charge in [0.1, 0.15) is 12.7 Å². The standard InChI is InChI=1S/C25H40O7/c1-2-21(27)13-9-5-10-16-22(28)14-7-3-4-8-15-23(29)17-11-6-12-18-25(31)32-20-24(30)19-26/h3-5,7-10,13-15,21-24,26-30H,2,6,11-12,16-20H2,1H3/b4-3-,10-5-,13-9+,14-7-,15-8+. The molecule has 0 aliphatic rings. The smallest absolute Gasteiger partial charge is 0.305 e. The lowest BCUT2D eigenvalue weighted by atomic mass is 10.1. The molecular weight excluding hydrogens is 412 g/mol. The number of esters is 1. The van der Waals surface area contributed by atoms with E-state index >= 15 is 0 Å². The number of hydrogen-bond acceptors (Lipinski definition) is 7. The lowest BCUT2D eigenvalue weighted by Crippen LogP contribution is -2.21. The topological polar surface area (TPSA) is 127 Å². The number of aliphatic hydroxyl groups excluding tert-OH is 5. The molecule has 0 amide bonds. The van der Waals surface area contributed by atoms with Crippen LogP contribution in [0, 0.1) is 0 Å². The van der Waals surface area contributed by atoms with Crippen LogP contribution >= 0.6 is 0 Å². The van der Waals surface area contributed by atoms with Crippen LogP contribution in [-0.4, -0.2) is 69.1 Å². The van der Waals surface area contributed by atoms with Gasteiger partial charge in [-0.3, -0.25) is 4.79 Å². The summed E-state index contributed by atoms with van der Waals surface area (Å²) < 4.78 is 4.81. The average Bonchev–Trinajstić information content (AvgIpc) is 2.78. The average molecular weight is 453 g/mol. The number of carbonyl (C=O) groups excluding carboxylic acids is 1. The van der Waals surface area contributed by atoms with Crippen molar-refractivity contribution in [1.29, 1.82) is 0 Å². The van der Waals surface area contributed by atoms with Crippen molar-refractivity contribution >= 4 is 5.97 Å². The minimum atomic E-state index is -1.04. The maximum atomic E-state index is 11.4. The van der Waals surface area contributed by atoms with E-state index < -0.39 is 37.0 Å². The first-order valence-electron chi connectivity index (χ1n) is 11.2. The van der Waals surface area contributed by atoms with Gasteiger partial charge in [-0.1, -0.05) is 80.5 Å². The summed E-state index contributed by atoms with van der Waals surface area (Å²) in [5.74, 6) is -0.402. The van der Waals surface area contributed by atoms with Gasteiger partial charge in [-0.2, -0.15) is 0 Å². The Kier molecular flexibility index (Phi) is 19.5. The van der Waals surface area contributed by atoms with Crippen LogP contribution < -0.4 is 0 Å². The third kappa shape index (κ3) is 19.9. The maximum Gasteiger partial charge on any atom is 0.305 e. The molecule has 32 heavy (non-hydrogen) atoms. The summed E-state index contributed by atoms with van der Waals surface area (Å²) in [4.78, 5) is 11.4. The predicted octanol–water partition coefficient (Wildman–Crippen LogP) is 2.50. The molecule has 0 saturated carbocycles. The van der Waals surface area contributed by atoms with Crippen molar-refractivity contribution < 1.29 is 35.1 Å². The lowest BCUT2D eigenvalue weighted by Gasteiger charge is -2.08. The summed E-state index contributed by atoms with van der Waals surface area (Å²) in [7, 11) is 0. The minimum Gasteiger partial charge on any atom is -0.463 e. The second-order valence-corrected chi connectivity index (χ2v) is 7.43. The molecular formula is C25H40O7. The summed E-state index contributed by atoms with van der Waals surface area (Å²) in [6, 6.07) is 0. The molecule has 0 heterocycles. The highest BCUT2D eigenvalue weighted by atomic mass is 16.5. The number of unbranched alkanes of at least 4 members (excludes halogenated alkanes) is 2. The molecule has 0 fully saturated rings. The Hall–Kier alpha value is -2.03. The molecule has 0 aliphatic heterocycles. The van der Waals surface area contributed by atoms with E-state index in [2.05, 4.69) is 0 Å². The monoisotopic (exact) mass is 452 g/mol. The zero-order chi connectivity index (χ0) is 24.0. The molecule has 0 saturated heterocycles. The van der Waals surface area contributed by atoms with Crippen LogP contribution in [0.15, 0.2) is 60.8 Å². The molecule has 7 nitrogen and oxygen atoms in total. The summed E-state index contributed by atoms with van der Waals surface area (Å²) in [6.45, 7) is 1.27. The van der Waals surface area contributed by atoms with Crippen molar-refractivity contribution in [3.05, 3.63) is 60.8 Å². The van der Waals surface area contributed by atoms with Crippen molar-refractivity contribution in [1.82, 2.24) is 0 Å². The molecule has 0 aliphatic carbocycles. The van der Waals surface area contributed by atoms with Crippen molar-refractivity contribution in [2.45, 2.75) is 76.3 Å². The number of rotatable bonds is 18. The van der Waals surface area contributed by atoms with Crippen molar-refractivity contribution in [3.8, 4) is 0 Å². The molecule has 182 valence electrons. The van der Waals surface area contributed by atoms with Crippen LogP contribution in [0.4, 0.5) is 0 Å². The van der Waals surface area contributed by atoms with E-state index in [9.17, 15) is 20.1 Å². The summed E-state index contributed by atoms with van der Waals surface area (Å²) >= 11 is 0. The minimum absolute atomic E-state index is 0.194. The first-order chi connectivity index (χ1) is 15.4. The van der Waals surface area contributed by atoms with E-state index in [1.165, 1.54) is 0 Å². The lowest BCUT2D eigenvalue weighted by molar-refractivity contribution is -0.147. The Balaban J connectivity index is 3.86. The number of ether oxygens (including phenoxy) is 1. The highest BCUT2D eigenvalue weighted by molar-refractivity contribution is 5.69. The van der Waals surface area contributed by atoms with Gasteiger partial charge in [0.2, 0.25) is 0 Å². The van der Waals surface area contributed by atoms with Gasteiger partial charge in [-0.05, 0) is 25.7 Å². The molecule has 0 spiro atoms. The van der Waals surface area contributed by atoms with Gasteiger partial charge in [0.05, 0.1) is 24.9 Å². The number of hydrogen-bond donors (Lipinski definition) is 5. The summed E-state index contributed by atoms with van der Waals surface area (Å²) in [5, 5.41) is 46.9. The Morgan fingerprint density at radius 1 is 0.812 bits per heavy atom. The third-order valence-electron chi connectivity index (χ3n) is 4.40. The molecule has 4 unspecified atom stereocenters. The van der Waals surface area contributed by atoms with Gasteiger partial charge >= 0.3 is 5.97 Å². The Morgan fingerprint density at radius 3 is 2.09 bits per heavy atom. The van der Waals surface area contributed by atoms with Gasteiger partial charge < -0.3 is 30.3 Å². The van der Waals surface area contributed by atoms with E-state index in [0.717, 1.165) is 12.8 Å². The summed E-state index contributed by atoms with van der Waals surface area (Å²) in [5.41, 5.74) is 0. The fraction of sp³-hybridized carbons (Fsp3) is 0.560. The first kappa shape index (κ1) is 30.0. The molecule has 7 heteroatoms. The quantitative estimate of drug-likeness (QED) is 0.123. The van der Waals surface area contributed by atoms with Crippen molar-refractivity contribution in [3.63, 3.8) is 0 Å². The normalized spacial score (nSPS) is 16.6. The predicted molar refractivity (Wildman–Crippen MR) is 126 cm³/mol. The van der Waals surface area contributed by atoms with Gasteiger partial charge in [0.25, 0.3) is 0 Å². The third-order valence-corrected chi connectivity index (χ3v) is 4.40. The van der Waals surface area contributed by atoms with Gasteiger partial charge in [-0.25, -0.2) is 0 Å². The van der Waals surface area contributed by atoms with Crippen LogP contribution in [0.1, 0.15) is 51.9 Å². The molecule has 0 bridgehead atoms. The zero-order valence-corrected chi connectivity index (χ0v) is 19.0. The molecule has 0 rings (SSSR count). The van der Waals surface area contributed by atoms with Crippen molar-refractivity contribution in [2.75, 3.05) is 13.2 Å². The van der Waals surface area contributed by atoms with Crippen LogP contribution in [0.2, 0.25) is 0 Å². The van der Waals surface area contributed by atoms with Crippen LogP contribution in [0.25, 0.3) is 0 Å². The number of allylic oxidation sites excluding steroid dienone is 6. The van der Waals surface area contributed by atoms with Crippen LogP contribution in [0.5, 0.6) is 0 Å². The second kappa shape index (κ2) is 20.8. The first-order valence-corrected chi connectivity index (χ1v) is 11.2. The van der Waals surface area contributed by atoms with Gasteiger partial charge in [-0.15, -0.1) is 0 Å². The van der Waals surface area contributed by atoms with E-state index in [1.807, 2.05) is 13.0 Å². The number of aliphatic hydroxyl groups is 5. The SMILES string of the molecule is CCC(O)/C=C/C=C\CC(O)\C=C/C=C\C=C\C(O)CCCCCC(=O)OCC(O)CO. The van der Waals surface area contributed by atoms with Crippen LogP contribution in [0.3, 0.4) is 0 Å². The highest BCUT2D eigenvalue weighted by Gasteiger charge is 2.07. The molecule has 0 aromatic heterocycles. The Morgan fingerprint density at radius 2 is 1.44 bits per heavy atom. The Bertz CT molecular complexity index is 607. The number of carbonyl (C=O) groups is 1. The fourth-order valence-electron chi connectivity index (χ4n) is 2.43. The van der Waals surface area contributed by atoms with Crippen LogP contribution in [-0.2, 0) is 9.53 Å². The van der Waals surface area contributed by atoms with Crippen molar-refractivity contribution in [2.24, 2.45) is 0 Å². The maximum absolute atomic E-state index is 11.4. The summed E-state index contributed by atoms with van der Waals surface area (Å²) in [6.07, 6.45) is 19.0. The van der Waals surface area contributed by atoms with Gasteiger partial charge in [0, 0.05) is 6.42 Å². The van der Waals surface area contributed by atoms with E-state index in [0.29, 0.717) is 25.7 Å². The van der Waals surface area contributed by atoms with E-state index in [-0.39, 0.29) is 13.0 Å². The molecule has 5 N–H and O–H groups in total. The fourth-order valence-corrected chi connectivity index (χ4v) is 2.43. The van der Waals surface area contributed by atoms with Gasteiger partial charge in [0.15, 0.2) is 0 Å². The largest absolute Gasteiger partial charge is 0.463 e. The van der Waals surface area contributed by atoms with E-state index in [1.54, 1.807) is 54.7 Å². The highest BCUT2D eigenvalue weighted by Crippen LogP contribution is 2.08. The molecule has 0 aromatic carbocycles. The molecule has 0 aromatic rings. The van der Waals surface area contributed by atoms with E-state index in [4.69, 9.17) is 14.9 Å². The molecule has 4 atom stereocenters. The zero-order valence-electron chi connectivity index (χ0n) is 19.0. The Labute approximate surface area is 191 Å².